The Kier molecular flexibility index (Phi) is 4.54. The minimum atomic E-state index is -3.96. The van der Waals surface area contributed by atoms with Gasteiger partial charge in [-0.25, -0.2) is 17.9 Å². The predicted octanol–water partition coefficient (Wildman–Crippen LogP) is 1.39. The van der Waals surface area contributed by atoms with Gasteiger partial charge in [0.15, 0.2) is 0 Å². The first-order valence-electron chi connectivity index (χ1n) is 5.60. The molecule has 1 aromatic rings. The molecule has 0 heterocycles. The highest BCUT2D eigenvalue weighted by Crippen LogP contribution is 2.12. The molecule has 0 aliphatic carbocycles. The highest BCUT2D eigenvalue weighted by atomic mass is 32.2. The Balaban J connectivity index is 2.83. The number of hydrogen-bond donors (Lipinski definition) is 2. The van der Waals surface area contributed by atoms with Gasteiger partial charge in [-0.2, -0.15) is 0 Å². The molecule has 0 spiro atoms. The van der Waals surface area contributed by atoms with Crippen molar-refractivity contribution in [2.45, 2.75) is 37.9 Å². The highest BCUT2D eigenvalue weighted by molar-refractivity contribution is 7.90. The topological polar surface area (TPSA) is 92.7 Å². The average molecular weight is 287 g/mol. The lowest BCUT2D eigenvalue weighted by molar-refractivity contribution is 0.0570. The van der Waals surface area contributed by atoms with Crippen LogP contribution in [-0.2, 0) is 21.4 Å². The summed E-state index contributed by atoms with van der Waals surface area (Å²) in [6.07, 6.45) is -1.03. The summed E-state index contributed by atoms with van der Waals surface area (Å²) in [4.78, 5) is 11.3. The second kappa shape index (κ2) is 5.58. The Hall–Kier alpha value is -1.60. The first-order valence-corrected chi connectivity index (χ1v) is 7.08. The third-order valence-electron chi connectivity index (χ3n) is 2.03. The zero-order chi connectivity index (χ0) is 14.7. The number of rotatable bonds is 3. The Morgan fingerprint density at radius 1 is 1.26 bits per heavy atom. The molecule has 0 aliphatic rings. The van der Waals surface area contributed by atoms with Crippen LogP contribution in [0.25, 0.3) is 0 Å². The molecule has 0 aliphatic heterocycles. The Morgan fingerprint density at radius 2 is 1.79 bits per heavy atom. The van der Waals surface area contributed by atoms with Crippen LogP contribution in [0.3, 0.4) is 0 Å². The maximum atomic E-state index is 11.9. The monoisotopic (exact) mass is 287 g/mol. The van der Waals surface area contributed by atoms with Crippen molar-refractivity contribution in [1.82, 2.24) is 4.72 Å². The molecule has 0 saturated heterocycles. The van der Waals surface area contributed by atoms with Gasteiger partial charge in [-0.1, -0.05) is 12.1 Å². The first-order chi connectivity index (χ1) is 8.64. The molecule has 0 bridgehead atoms. The molecule has 7 heteroatoms. The number of amides is 1. The summed E-state index contributed by atoms with van der Waals surface area (Å²) in [5, 5.41) is 8.87. The number of benzene rings is 1. The maximum Gasteiger partial charge on any atom is 0.421 e. The number of aliphatic hydroxyl groups excluding tert-OH is 1. The largest absolute Gasteiger partial charge is 0.443 e. The fraction of sp³-hybridized carbons (Fsp3) is 0.417. The molecule has 0 unspecified atom stereocenters. The lowest BCUT2D eigenvalue weighted by Gasteiger charge is -2.19. The molecular weight excluding hydrogens is 270 g/mol. The maximum absolute atomic E-state index is 11.9. The van der Waals surface area contributed by atoms with E-state index in [9.17, 15) is 13.2 Å². The van der Waals surface area contributed by atoms with Crippen LogP contribution in [0.4, 0.5) is 4.79 Å². The van der Waals surface area contributed by atoms with Crippen molar-refractivity contribution < 1.29 is 23.1 Å². The molecule has 0 aromatic heterocycles. The molecule has 0 radical (unpaired) electrons. The zero-order valence-corrected chi connectivity index (χ0v) is 11.8. The second-order valence-corrected chi connectivity index (χ2v) is 6.59. The van der Waals surface area contributed by atoms with E-state index in [-0.39, 0.29) is 11.5 Å². The summed E-state index contributed by atoms with van der Waals surface area (Å²) in [6, 6.07) is 5.53. The number of carbonyl (C=O) groups is 1. The van der Waals surface area contributed by atoms with Crippen molar-refractivity contribution in [2.75, 3.05) is 0 Å². The van der Waals surface area contributed by atoms with Gasteiger partial charge in [-0.15, -0.1) is 0 Å². The van der Waals surface area contributed by atoms with E-state index in [4.69, 9.17) is 9.84 Å². The molecule has 6 nitrogen and oxygen atoms in total. The Bertz CT molecular complexity index is 542. The van der Waals surface area contributed by atoms with Crippen molar-refractivity contribution in [3.05, 3.63) is 29.8 Å². The third-order valence-corrected chi connectivity index (χ3v) is 3.36. The van der Waals surface area contributed by atoms with E-state index < -0.39 is 21.7 Å². The summed E-state index contributed by atoms with van der Waals surface area (Å²) >= 11 is 0. The van der Waals surface area contributed by atoms with Gasteiger partial charge in [0, 0.05) is 0 Å². The van der Waals surface area contributed by atoms with E-state index in [1.54, 1.807) is 20.8 Å². The van der Waals surface area contributed by atoms with Crippen LogP contribution >= 0.6 is 0 Å². The summed E-state index contributed by atoms with van der Waals surface area (Å²) in [6.45, 7) is 4.72. The average Bonchev–Trinajstić information content (AvgIpc) is 2.25. The molecule has 1 rings (SSSR count). The number of carbonyl (C=O) groups excluding carboxylic acids is 1. The van der Waals surface area contributed by atoms with Crippen LogP contribution in [-0.4, -0.2) is 25.2 Å². The van der Waals surface area contributed by atoms with Crippen LogP contribution < -0.4 is 4.72 Å². The van der Waals surface area contributed by atoms with Crippen molar-refractivity contribution in [1.29, 1.82) is 0 Å². The molecule has 0 saturated carbocycles. The standard InChI is InChI=1S/C12H17NO5S/c1-12(2,3)18-11(15)13-19(16,17)10-6-4-9(8-14)5-7-10/h4-7,14H,8H2,1-3H3,(H,13,15). The zero-order valence-electron chi connectivity index (χ0n) is 11.0. The lowest BCUT2D eigenvalue weighted by atomic mass is 10.2. The molecule has 106 valence electrons. The second-order valence-electron chi connectivity index (χ2n) is 4.91. The van der Waals surface area contributed by atoms with Crippen LogP contribution in [0.1, 0.15) is 26.3 Å². The lowest BCUT2D eigenvalue weighted by Crippen LogP contribution is -2.36. The van der Waals surface area contributed by atoms with Gasteiger partial charge in [0.25, 0.3) is 10.0 Å². The quantitative estimate of drug-likeness (QED) is 0.876. The molecule has 1 aromatic carbocycles. The number of sulfonamides is 1. The molecule has 1 amide bonds. The van der Waals surface area contributed by atoms with Gasteiger partial charge in [0.05, 0.1) is 11.5 Å². The fourth-order valence-electron chi connectivity index (χ4n) is 1.24. The van der Waals surface area contributed by atoms with Crippen LogP contribution in [0.2, 0.25) is 0 Å². The van der Waals surface area contributed by atoms with Crippen molar-refractivity contribution in [3.63, 3.8) is 0 Å². The van der Waals surface area contributed by atoms with E-state index in [0.29, 0.717) is 5.56 Å². The van der Waals surface area contributed by atoms with Gasteiger partial charge < -0.3 is 9.84 Å². The van der Waals surface area contributed by atoms with E-state index in [1.165, 1.54) is 24.3 Å². The van der Waals surface area contributed by atoms with Gasteiger partial charge in [0.1, 0.15) is 5.60 Å². The van der Waals surface area contributed by atoms with Crippen molar-refractivity contribution in [2.24, 2.45) is 0 Å². The fourth-order valence-corrected chi connectivity index (χ4v) is 2.11. The van der Waals surface area contributed by atoms with E-state index in [1.807, 2.05) is 4.72 Å². The molecule has 19 heavy (non-hydrogen) atoms. The van der Waals surface area contributed by atoms with Crippen LogP contribution in [0.15, 0.2) is 29.2 Å². The summed E-state index contributed by atoms with van der Waals surface area (Å²) < 4.78 is 30.4. The van der Waals surface area contributed by atoms with Gasteiger partial charge in [-0.05, 0) is 38.5 Å². The minimum Gasteiger partial charge on any atom is -0.443 e. The summed E-state index contributed by atoms with van der Waals surface area (Å²) in [5.74, 6) is 0. The van der Waals surface area contributed by atoms with E-state index >= 15 is 0 Å². The first kappa shape index (κ1) is 15.5. The summed E-state index contributed by atoms with van der Waals surface area (Å²) in [5.41, 5.74) is -0.198. The number of hydrogen-bond acceptors (Lipinski definition) is 5. The smallest absolute Gasteiger partial charge is 0.421 e. The van der Waals surface area contributed by atoms with Crippen molar-refractivity contribution >= 4 is 16.1 Å². The minimum absolute atomic E-state index is 0.0736. The van der Waals surface area contributed by atoms with Gasteiger partial charge in [0.2, 0.25) is 0 Å². The van der Waals surface area contributed by atoms with E-state index in [0.717, 1.165) is 0 Å². The molecule has 0 atom stereocenters. The number of nitrogens with one attached hydrogen (secondary N) is 1. The van der Waals surface area contributed by atoms with E-state index in [2.05, 4.69) is 0 Å². The van der Waals surface area contributed by atoms with Gasteiger partial charge >= 0.3 is 6.09 Å². The third kappa shape index (κ3) is 4.88. The van der Waals surface area contributed by atoms with Crippen molar-refractivity contribution in [3.8, 4) is 0 Å². The highest BCUT2D eigenvalue weighted by Gasteiger charge is 2.22. The molecular formula is C12H17NO5S. The normalized spacial score (nSPS) is 12.0. The molecule has 0 fully saturated rings. The van der Waals surface area contributed by atoms with Gasteiger partial charge in [-0.3, -0.25) is 0 Å². The predicted molar refractivity (Wildman–Crippen MR) is 68.9 cm³/mol. The SMILES string of the molecule is CC(C)(C)OC(=O)NS(=O)(=O)c1ccc(CO)cc1. The Labute approximate surface area is 112 Å². The Morgan fingerprint density at radius 3 is 2.21 bits per heavy atom. The summed E-state index contributed by atoms with van der Waals surface area (Å²) in [7, 11) is -3.96. The van der Waals surface area contributed by atoms with Crippen LogP contribution in [0, 0.1) is 0 Å². The number of aliphatic hydroxyl groups is 1. The van der Waals surface area contributed by atoms with Crippen LogP contribution in [0.5, 0.6) is 0 Å². The molecule has 2 N–H and O–H groups in total. The number of ether oxygens (including phenoxy) is 1.